The highest BCUT2D eigenvalue weighted by atomic mass is 16.4. The largest absolute Gasteiger partial charge is 0.394 e. The summed E-state index contributed by atoms with van der Waals surface area (Å²) in [5, 5.41) is 47.2. The van der Waals surface area contributed by atoms with E-state index in [2.05, 4.69) is 0 Å². The molecule has 0 aromatic heterocycles. The molecular formula is C11H24N2O6. The van der Waals surface area contributed by atoms with Gasteiger partial charge in [0.15, 0.2) is 5.60 Å². The second-order valence-electron chi connectivity index (χ2n) is 4.57. The molecule has 9 N–H and O–H groups in total. The molecule has 0 spiro atoms. The fourth-order valence-corrected chi connectivity index (χ4v) is 1.73. The number of carbonyl (C=O) groups is 1. The quantitative estimate of drug-likeness (QED) is 0.206. The van der Waals surface area contributed by atoms with E-state index in [1.807, 2.05) is 0 Å². The molecule has 0 aliphatic rings. The number of aliphatic hydroxyl groups excluding tert-OH is 4. The maximum atomic E-state index is 11.3. The molecule has 1 amide bonds. The van der Waals surface area contributed by atoms with Crippen LogP contribution in [-0.4, -0.2) is 68.5 Å². The number of hydrogen-bond acceptors (Lipinski definition) is 7. The lowest BCUT2D eigenvalue weighted by Crippen LogP contribution is -2.60. The molecule has 0 bridgehead atoms. The molecule has 0 rings (SSSR count). The minimum absolute atomic E-state index is 0.168. The zero-order valence-electron chi connectivity index (χ0n) is 10.8. The Balaban J connectivity index is 4.72. The van der Waals surface area contributed by atoms with Gasteiger partial charge in [-0.25, -0.2) is 0 Å². The van der Waals surface area contributed by atoms with Crippen LogP contribution >= 0.6 is 0 Å². The molecule has 0 aliphatic carbocycles. The zero-order valence-corrected chi connectivity index (χ0v) is 10.8. The normalized spacial score (nSPS) is 19.5. The van der Waals surface area contributed by atoms with Gasteiger partial charge in [-0.15, -0.1) is 0 Å². The molecule has 0 aliphatic heterocycles. The zero-order chi connectivity index (χ0) is 15.1. The van der Waals surface area contributed by atoms with Crippen LogP contribution in [0, 0.1) is 0 Å². The average molecular weight is 280 g/mol. The second-order valence-corrected chi connectivity index (χ2v) is 4.57. The van der Waals surface area contributed by atoms with Crippen molar-refractivity contribution in [3.8, 4) is 0 Å². The second kappa shape index (κ2) is 8.41. The highest BCUT2D eigenvalue weighted by Crippen LogP contribution is 2.23. The van der Waals surface area contributed by atoms with E-state index < -0.39 is 36.4 Å². The van der Waals surface area contributed by atoms with Gasteiger partial charge in [0.1, 0.15) is 18.3 Å². The van der Waals surface area contributed by atoms with Crippen molar-refractivity contribution in [3.05, 3.63) is 0 Å². The number of amides is 1. The fraction of sp³-hybridized carbons (Fsp3) is 0.909. The lowest BCUT2D eigenvalue weighted by atomic mass is 9.85. The Morgan fingerprint density at radius 2 is 1.74 bits per heavy atom. The topological polar surface area (TPSA) is 170 Å². The summed E-state index contributed by atoms with van der Waals surface area (Å²) in [6, 6.07) is 0. The number of nitrogens with two attached hydrogens (primary N) is 2. The van der Waals surface area contributed by atoms with E-state index in [1.165, 1.54) is 0 Å². The summed E-state index contributed by atoms with van der Waals surface area (Å²) in [7, 11) is 0. The highest BCUT2D eigenvalue weighted by molar-refractivity contribution is 5.84. The number of unbranched alkanes of at least 4 members (excludes halogenated alkanes) is 2. The molecule has 19 heavy (non-hydrogen) atoms. The van der Waals surface area contributed by atoms with E-state index in [4.69, 9.17) is 16.6 Å². The summed E-state index contributed by atoms with van der Waals surface area (Å²) in [6.45, 7) is -0.357. The van der Waals surface area contributed by atoms with Crippen molar-refractivity contribution in [1.82, 2.24) is 0 Å². The van der Waals surface area contributed by atoms with E-state index >= 15 is 0 Å². The van der Waals surface area contributed by atoms with Crippen molar-refractivity contribution in [2.45, 2.75) is 49.6 Å². The third-order valence-corrected chi connectivity index (χ3v) is 3.08. The summed E-state index contributed by atoms with van der Waals surface area (Å²) < 4.78 is 0. The van der Waals surface area contributed by atoms with E-state index in [9.17, 15) is 25.2 Å². The number of aliphatic hydroxyl groups is 5. The molecule has 4 unspecified atom stereocenters. The number of carbonyl (C=O) groups excluding carboxylic acids is 1. The van der Waals surface area contributed by atoms with Gasteiger partial charge < -0.3 is 37.0 Å². The third-order valence-electron chi connectivity index (χ3n) is 3.08. The first kappa shape index (κ1) is 18.2. The Kier molecular flexibility index (Phi) is 8.07. The Morgan fingerprint density at radius 1 is 1.16 bits per heavy atom. The van der Waals surface area contributed by atoms with Crippen LogP contribution in [0.15, 0.2) is 0 Å². The Labute approximate surface area is 111 Å². The van der Waals surface area contributed by atoms with Crippen molar-refractivity contribution < 1.29 is 30.3 Å². The Hall–Kier alpha value is -0.770. The summed E-state index contributed by atoms with van der Waals surface area (Å²) in [5.41, 5.74) is 7.98. The van der Waals surface area contributed by atoms with Crippen LogP contribution in [0.1, 0.15) is 25.7 Å². The third kappa shape index (κ3) is 5.01. The maximum Gasteiger partial charge on any atom is 0.252 e. The van der Waals surface area contributed by atoms with Gasteiger partial charge >= 0.3 is 0 Å². The lowest BCUT2D eigenvalue weighted by molar-refractivity contribution is -0.175. The van der Waals surface area contributed by atoms with Crippen molar-refractivity contribution >= 4 is 5.91 Å². The predicted octanol–water partition coefficient (Wildman–Crippen LogP) is -3.20. The number of hydrogen-bond donors (Lipinski definition) is 7. The summed E-state index contributed by atoms with van der Waals surface area (Å²) in [5.74, 6) is -1.20. The molecule has 114 valence electrons. The van der Waals surface area contributed by atoms with Crippen molar-refractivity contribution in [2.75, 3.05) is 13.2 Å². The lowest BCUT2D eigenvalue weighted by Gasteiger charge is -2.34. The Morgan fingerprint density at radius 3 is 2.16 bits per heavy atom. The Bertz CT molecular complexity index is 278. The summed E-state index contributed by atoms with van der Waals surface area (Å²) in [4.78, 5) is 11.3. The van der Waals surface area contributed by atoms with Crippen molar-refractivity contribution in [2.24, 2.45) is 11.5 Å². The smallest absolute Gasteiger partial charge is 0.252 e. The van der Waals surface area contributed by atoms with Crippen LogP contribution in [0.25, 0.3) is 0 Å². The number of rotatable bonds is 10. The van der Waals surface area contributed by atoms with Crippen LogP contribution in [-0.2, 0) is 4.79 Å². The first-order chi connectivity index (χ1) is 8.81. The molecule has 0 aromatic rings. The summed E-state index contributed by atoms with van der Waals surface area (Å²) >= 11 is 0. The average Bonchev–Trinajstić information content (AvgIpc) is 2.40. The summed E-state index contributed by atoms with van der Waals surface area (Å²) in [6.07, 6.45) is -4.02. The molecule has 0 saturated carbocycles. The highest BCUT2D eigenvalue weighted by Gasteiger charge is 2.46. The molecule has 0 radical (unpaired) electrons. The molecule has 8 heteroatoms. The standard InChI is InChI=1S/C11H24N2O6/c12-5-3-1-2-4-11(19,10(13)18)9(17)8(16)7(15)6-14/h7-9,14-17,19H,1-6,12H2,(H2,13,18). The minimum atomic E-state index is -2.36. The number of primary amides is 1. The predicted molar refractivity (Wildman–Crippen MR) is 66.8 cm³/mol. The van der Waals surface area contributed by atoms with Crippen LogP contribution in [0.3, 0.4) is 0 Å². The van der Waals surface area contributed by atoms with Crippen molar-refractivity contribution in [1.29, 1.82) is 0 Å². The molecular weight excluding hydrogens is 256 g/mol. The van der Waals surface area contributed by atoms with E-state index in [-0.39, 0.29) is 6.42 Å². The molecule has 0 fully saturated rings. The van der Waals surface area contributed by atoms with Crippen LogP contribution in [0.4, 0.5) is 0 Å². The van der Waals surface area contributed by atoms with Gasteiger partial charge in [-0.1, -0.05) is 6.42 Å². The van der Waals surface area contributed by atoms with E-state index in [0.29, 0.717) is 25.8 Å². The van der Waals surface area contributed by atoms with Gasteiger partial charge in [0, 0.05) is 0 Å². The van der Waals surface area contributed by atoms with Gasteiger partial charge in [-0.3, -0.25) is 4.79 Å². The van der Waals surface area contributed by atoms with Crippen LogP contribution < -0.4 is 11.5 Å². The first-order valence-electron chi connectivity index (χ1n) is 6.18. The molecule has 8 nitrogen and oxygen atoms in total. The maximum absolute atomic E-state index is 11.3. The van der Waals surface area contributed by atoms with E-state index in [0.717, 1.165) is 0 Å². The van der Waals surface area contributed by atoms with Crippen LogP contribution in [0.5, 0.6) is 0 Å². The van der Waals surface area contributed by atoms with Gasteiger partial charge in [0.05, 0.1) is 6.61 Å². The first-order valence-corrected chi connectivity index (χ1v) is 6.18. The molecule has 0 saturated heterocycles. The fourth-order valence-electron chi connectivity index (χ4n) is 1.73. The van der Waals surface area contributed by atoms with E-state index in [1.54, 1.807) is 0 Å². The van der Waals surface area contributed by atoms with Crippen molar-refractivity contribution in [3.63, 3.8) is 0 Å². The monoisotopic (exact) mass is 280 g/mol. The van der Waals surface area contributed by atoms with Gasteiger partial charge in [-0.2, -0.15) is 0 Å². The van der Waals surface area contributed by atoms with Gasteiger partial charge in [-0.05, 0) is 25.8 Å². The molecule has 4 atom stereocenters. The SMILES string of the molecule is NCCCCCC(O)(C(N)=O)C(O)C(O)C(O)CO. The van der Waals surface area contributed by atoms with Crippen LogP contribution in [0.2, 0.25) is 0 Å². The molecule has 0 heterocycles. The van der Waals surface area contributed by atoms with Gasteiger partial charge in [0.2, 0.25) is 0 Å². The minimum Gasteiger partial charge on any atom is -0.394 e. The van der Waals surface area contributed by atoms with Gasteiger partial charge in [0.25, 0.3) is 5.91 Å². The molecule has 0 aromatic carbocycles.